The van der Waals surface area contributed by atoms with Crippen LogP contribution in [0.2, 0.25) is 0 Å². The Hall–Kier alpha value is -1.35. The lowest BCUT2D eigenvalue weighted by atomic mass is 9.94. The van der Waals surface area contributed by atoms with Crippen LogP contribution in [0.3, 0.4) is 0 Å². The van der Waals surface area contributed by atoms with Gasteiger partial charge in [0.25, 0.3) is 0 Å². The van der Waals surface area contributed by atoms with Crippen molar-refractivity contribution in [3.8, 4) is 0 Å². The zero-order valence-corrected chi connectivity index (χ0v) is 9.52. The number of likely N-dealkylation sites (tertiary alicyclic amines) is 1. The van der Waals surface area contributed by atoms with Crippen molar-refractivity contribution in [1.82, 2.24) is 4.90 Å². The zero-order chi connectivity index (χ0) is 11.5. The molecule has 86 valence electrons. The van der Waals surface area contributed by atoms with Gasteiger partial charge in [-0.1, -0.05) is 24.3 Å². The predicted octanol–water partition coefficient (Wildman–Crippen LogP) is 1.87. The molecule has 0 spiro atoms. The van der Waals surface area contributed by atoms with E-state index in [0.717, 1.165) is 19.5 Å². The third kappa shape index (κ3) is 2.42. The summed E-state index contributed by atoms with van der Waals surface area (Å²) in [7, 11) is 0. The number of benzene rings is 1. The Morgan fingerprint density at radius 1 is 1.50 bits per heavy atom. The van der Waals surface area contributed by atoms with Crippen molar-refractivity contribution in [2.24, 2.45) is 0 Å². The molecule has 0 saturated carbocycles. The number of carbonyl (C=O) groups is 1. The van der Waals surface area contributed by atoms with E-state index in [0.29, 0.717) is 5.92 Å². The quantitative estimate of drug-likeness (QED) is 0.843. The summed E-state index contributed by atoms with van der Waals surface area (Å²) in [5.41, 5.74) is 2.68. The van der Waals surface area contributed by atoms with Crippen molar-refractivity contribution < 1.29 is 9.90 Å². The number of nitrogens with zero attached hydrogens (tertiary/aromatic N) is 1. The number of hydrogen-bond donors (Lipinski definition) is 1. The van der Waals surface area contributed by atoms with E-state index < -0.39 is 5.97 Å². The number of aryl methyl sites for hydroxylation is 1. The van der Waals surface area contributed by atoms with Crippen molar-refractivity contribution in [2.75, 3.05) is 19.6 Å². The standard InChI is InChI=1S/C13H17NO2/c1-10-4-2-3-5-12(10)11-6-7-14(8-11)9-13(15)16/h2-5,11H,6-9H2,1H3,(H,15,16). The lowest BCUT2D eigenvalue weighted by molar-refractivity contribution is -0.138. The molecule has 3 nitrogen and oxygen atoms in total. The van der Waals surface area contributed by atoms with E-state index in [-0.39, 0.29) is 6.54 Å². The maximum Gasteiger partial charge on any atom is 0.317 e. The van der Waals surface area contributed by atoms with Crippen molar-refractivity contribution >= 4 is 5.97 Å². The molecule has 1 aromatic rings. The smallest absolute Gasteiger partial charge is 0.317 e. The van der Waals surface area contributed by atoms with Crippen LogP contribution in [-0.2, 0) is 4.79 Å². The topological polar surface area (TPSA) is 40.5 Å². The second-order valence-corrected chi connectivity index (χ2v) is 4.47. The van der Waals surface area contributed by atoms with Crippen LogP contribution >= 0.6 is 0 Å². The average molecular weight is 219 g/mol. The van der Waals surface area contributed by atoms with Crippen molar-refractivity contribution in [3.05, 3.63) is 35.4 Å². The molecule has 1 aromatic carbocycles. The minimum atomic E-state index is -0.731. The second-order valence-electron chi connectivity index (χ2n) is 4.47. The third-order valence-corrected chi connectivity index (χ3v) is 3.26. The first-order valence-electron chi connectivity index (χ1n) is 5.66. The molecule has 0 aromatic heterocycles. The normalized spacial score (nSPS) is 21.2. The van der Waals surface area contributed by atoms with Gasteiger partial charge in [0.1, 0.15) is 0 Å². The summed E-state index contributed by atoms with van der Waals surface area (Å²) in [6.45, 7) is 4.06. The molecule has 0 radical (unpaired) electrons. The monoisotopic (exact) mass is 219 g/mol. The molecule has 1 fully saturated rings. The van der Waals surface area contributed by atoms with Gasteiger partial charge in [-0.2, -0.15) is 0 Å². The van der Waals surface area contributed by atoms with Crippen LogP contribution in [0.1, 0.15) is 23.5 Å². The van der Waals surface area contributed by atoms with Gasteiger partial charge in [-0.25, -0.2) is 0 Å². The summed E-state index contributed by atoms with van der Waals surface area (Å²) in [4.78, 5) is 12.6. The van der Waals surface area contributed by atoms with E-state index in [2.05, 4.69) is 25.1 Å². The van der Waals surface area contributed by atoms with E-state index in [9.17, 15) is 4.79 Å². The van der Waals surface area contributed by atoms with Crippen molar-refractivity contribution in [2.45, 2.75) is 19.3 Å². The van der Waals surface area contributed by atoms with Gasteiger partial charge in [-0.15, -0.1) is 0 Å². The Morgan fingerprint density at radius 2 is 2.25 bits per heavy atom. The molecule has 1 aliphatic heterocycles. The Balaban J connectivity index is 2.04. The highest BCUT2D eigenvalue weighted by Gasteiger charge is 2.25. The highest BCUT2D eigenvalue weighted by Crippen LogP contribution is 2.28. The van der Waals surface area contributed by atoms with E-state index >= 15 is 0 Å². The van der Waals surface area contributed by atoms with E-state index in [1.807, 2.05) is 11.0 Å². The Morgan fingerprint density at radius 3 is 2.94 bits per heavy atom. The Kier molecular flexibility index (Phi) is 3.25. The average Bonchev–Trinajstić information content (AvgIpc) is 2.66. The van der Waals surface area contributed by atoms with Gasteiger partial charge in [0.15, 0.2) is 0 Å². The van der Waals surface area contributed by atoms with Gasteiger partial charge in [0.05, 0.1) is 6.54 Å². The molecule has 1 N–H and O–H groups in total. The fraction of sp³-hybridized carbons (Fsp3) is 0.462. The summed E-state index contributed by atoms with van der Waals surface area (Å²) in [5, 5.41) is 8.74. The van der Waals surface area contributed by atoms with Gasteiger partial charge in [0, 0.05) is 6.54 Å². The molecule has 0 amide bonds. The number of aliphatic carboxylic acids is 1. The highest BCUT2D eigenvalue weighted by atomic mass is 16.4. The number of rotatable bonds is 3. The van der Waals surface area contributed by atoms with Gasteiger partial charge >= 0.3 is 5.97 Å². The SMILES string of the molecule is Cc1ccccc1C1CCN(CC(=O)O)C1. The third-order valence-electron chi connectivity index (χ3n) is 3.26. The molecular weight excluding hydrogens is 202 g/mol. The van der Waals surface area contributed by atoms with Gasteiger partial charge in [-0.3, -0.25) is 9.69 Å². The number of carboxylic acids is 1. The molecule has 16 heavy (non-hydrogen) atoms. The molecule has 1 heterocycles. The minimum Gasteiger partial charge on any atom is -0.480 e. The van der Waals surface area contributed by atoms with Crippen LogP contribution in [0.15, 0.2) is 24.3 Å². The first-order valence-corrected chi connectivity index (χ1v) is 5.66. The van der Waals surface area contributed by atoms with Gasteiger partial charge in [-0.05, 0) is 36.9 Å². The molecule has 0 aliphatic carbocycles. The molecule has 1 unspecified atom stereocenters. The highest BCUT2D eigenvalue weighted by molar-refractivity contribution is 5.69. The Bertz CT molecular complexity index is 389. The van der Waals surface area contributed by atoms with Gasteiger partial charge < -0.3 is 5.11 Å². The summed E-state index contributed by atoms with van der Waals surface area (Å²) < 4.78 is 0. The van der Waals surface area contributed by atoms with E-state index in [1.54, 1.807) is 0 Å². The lowest BCUT2D eigenvalue weighted by Gasteiger charge is -2.15. The van der Waals surface area contributed by atoms with Crippen LogP contribution in [0.5, 0.6) is 0 Å². The molecular formula is C13H17NO2. The maximum absolute atomic E-state index is 10.6. The van der Waals surface area contributed by atoms with E-state index in [4.69, 9.17) is 5.11 Å². The van der Waals surface area contributed by atoms with Crippen molar-refractivity contribution in [1.29, 1.82) is 0 Å². The molecule has 3 heteroatoms. The summed E-state index contributed by atoms with van der Waals surface area (Å²) >= 11 is 0. The van der Waals surface area contributed by atoms with Crippen LogP contribution in [0, 0.1) is 6.92 Å². The second kappa shape index (κ2) is 4.66. The molecule has 1 atom stereocenters. The number of carboxylic acid groups (broad SMARTS) is 1. The largest absolute Gasteiger partial charge is 0.480 e. The van der Waals surface area contributed by atoms with Crippen LogP contribution in [0.4, 0.5) is 0 Å². The van der Waals surface area contributed by atoms with E-state index in [1.165, 1.54) is 11.1 Å². The summed E-state index contributed by atoms with van der Waals surface area (Å²) in [6, 6.07) is 8.38. The molecule has 1 saturated heterocycles. The fourth-order valence-corrected chi connectivity index (χ4v) is 2.47. The molecule has 0 bridgehead atoms. The minimum absolute atomic E-state index is 0.169. The molecule has 1 aliphatic rings. The maximum atomic E-state index is 10.6. The first-order chi connectivity index (χ1) is 7.66. The van der Waals surface area contributed by atoms with Crippen LogP contribution in [-0.4, -0.2) is 35.6 Å². The zero-order valence-electron chi connectivity index (χ0n) is 9.52. The lowest BCUT2D eigenvalue weighted by Crippen LogP contribution is -2.27. The summed E-state index contributed by atoms with van der Waals surface area (Å²) in [6.07, 6.45) is 1.07. The van der Waals surface area contributed by atoms with Crippen LogP contribution < -0.4 is 0 Å². The number of hydrogen-bond acceptors (Lipinski definition) is 2. The summed E-state index contributed by atoms with van der Waals surface area (Å²) in [5.74, 6) is -0.231. The Labute approximate surface area is 95.7 Å². The van der Waals surface area contributed by atoms with Gasteiger partial charge in [0.2, 0.25) is 0 Å². The van der Waals surface area contributed by atoms with Crippen molar-refractivity contribution in [3.63, 3.8) is 0 Å². The fourth-order valence-electron chi connectivity index (χ4n) is 2.47. The first kappa shape index (κ1) is 11.1. The van der Waals surface area contributed by atoms with Crippen LogP contribution in [0.25, 0.3) is 0 Å². The predicted molar refractivity (Wildman–Crippen MR) is 62.6 cm³/mol. The molecule has 2 rings (SSSR count).